The fourth-order valence-electron chi connectivity index (χ4n) is 7.57. The summed E-state index contributed by atoms with van der Waals surface area (Å²) in [7, 11) is 0. The minimum atomic E-state index is -0.887. The quantitative estimate of drug-likeness (QED) is 0.695. The third-order valence-electron chi connectivity index (χ3n) is 8.83. The van der Waals surface area contributed by atoms with Crippen molar-refractivity contribution in [2.24, 2.45) is 35.0 Å². The van der Waals surface area contributed by atoms with Gasteiger partial charge in [-0.2, -0.15) is 0 Å². The molecule has 0 bridgehead atoms. The molecule has 0 aliphatic heterocycles. The summed E-state index contributed by atoms with van der Waals surface area (Å²) < 4.78 is 0. The predicted molar refractivity (Wildman–Crippen MR) is 89.7 cm³/mol. The van der Waals surface area contributed by atoms with Gasteiger partial charge in [-0.1, -0.05) is 6.92 Å². The summed E-state index contributed by atoms with van der Waals surface area (Å²) in [6.07, 6.45) is 9.19. The van der Waals surface area contributed by atoms with E-state index in [1.54, 1.807) is 6.92 Å². The minimum Gasteiger partial charge on any atom is -0.393 e. The van der Waals surface area contributed by atoms with Crippen molar-refractivity contribution in [2.45, 2.75) is 89.4 Å². The highest BCUT2D eigenvalue weighted by Gasteiger charge is 2.64. The van der Waals surface area contributed by atoms with E-state index in [-0.39, 0.29) is 11.5 Å². The zero-order valence-electron chi connectivity index (χ0n) is 14.7. The van der Waals surface area contributed by atoms with Crippen molar-refractivity contribution in [1.82, 2.24) is 0 Å². The van der Waals surface area contributed by atoms with Crippen LogP contribution in [0.15, 0.2) is 0 Å². The van der Waals surface area contributed by atoms with Crippen molar-refractivity contribution >= 4 is 0 Å². The monoisotopic (exact) mass is 322 g/mol. The molecule has 0 radical (unpaired) electrons. The average molecular weight is 322 g/mol. The highest BCUT2D eigenvalue weighted by atomic mass is 16.3. The van der Waals surface area contributed by atoms with Gasteiger partial charge in [-0.15, -0.1) is 0 Å². The van der Waals surface area contributed by atoms with Crippen molar-refractivity contribution in [1.29, 1.82) is 0 Å². The Kier molecular flexibility index (Phi) is 3.87. The van der Waals surface area contributed by atoms with Crippen molar-refractivity contribution in [2.75, 3.05) is 0 Å². The van der Waals surface area contributed by atoms with Crippen LogP contribution in [0.25, 0.3) is 0 Å². The van der Waals surface area contributed by atoms with Gasteiger partial charge in [0.05, 0.1) is 17.8 Å². The molecular weight excluding hydrogens is 288 g/mol. The van der Waals surface area contributed by atoms with Gasteiger partial charge in [0, 0.05) is 5.41 Å². The van der Waals surface area contributed by atoms with Gasteiger partial charge in [0.2, 0.25) is 0 Å². The second-order valence-corrected chi connectivity index (χ2v) is 9.50. The van der Waals surface area contributed by atoms with Gasteiger partial charge in [0.1, 0.15) is 0 Å². The molecule has 0 spiro atoms. The topological polar surface area (TPSA) is 60.7 Å². The Bertz CT molecular complexity index is 464. The van der Waals surface area contributed by atoms with E-state index in [0.717, 1.165) is 55.8 Å². The molecular formula is C20H34O3. The van der Waals surface area contributed by atoms with Gasteiger partial charge in [0.25, 0.3) is 0 Å². The summed E-state index contributed by atoms with van der Waals surface area (Å²) in [6, 6.07) is 0. The maximum Gasteiger partial charge on any atom is 0.0958 e. The molecule has 4 fully saturated rings. The fourth-order valence-corrected chi connectivity index (χ4v) is 7.57. The normalized spacial score (nSPS) is 57.3. The molecule has 3 N–H and O–H groups in total. The molecule has 0 heterocycles. The highest BCUT2D eigenvalue weighted by Crippen LogP contribution is 2.65. The Labute approximate surface area is 140 Å². The van der Waals surface area contributed by atoms with Gasteiger partial charge in [0.15, 0.2) is 0 Å². The Balaban J connectivity index is 1.59. The van der Waals surface area contributed by atoms with Gasteiger partial charge in [-0.25, -0.2) is 0 Å². The van der Waals surface area contributed by atoms with Gasteiger partial charge >= 0.3 is 0 Å². The first-order valence-corrected chi connectivity index (χ1v) is 9.95. The van der Waals surface area contributed by atoms with E-state index in [1.165, 1.54) is 25.7 Å². The first-order valence-electron chi connectivity index (χ1n) is 9.95. The third kappa shape index (κ3) is 2.19. The van der Waals surface area contributed by atoms with Crippen LogP contribution in [0.5, 0.6) is 0 Å². The molecule has 9 atom stereocenters. The third-order valence-corrected chi connectivity index (χ3v) is 8.83. The number of hydrogen-bond acceptors (Lipinski definition) is 3. The van der Waals surface area contributed by atoms with Crippen LogP contribution in [-0.2, 0) is 0 Å². The lowest BCUT2D eigenvalue weighted by Gasteiger charge is -2.57. The number of aliphatic hydroxyl groups is 3. The zero-order valence-corrected chi connectivity index (χ0v) is 14.7. The van der Waals surface area contributed by atoms with E-state index >= 15 is 0 Å². The fraction of sp³-hybridized carbons (Fsp3) is 1.00. The zero-order chi connectivity index (χ0) is 16.4. The van der Waals surface area contributed by atoms with Crippen LogP contribution in [0.3, 0.4) is 0 Å². The van der Waals surface area contributed by atoms with Crippen LogP contribution in [0.4, 0.5) is 0 Å². The average Bonchev–Trinajstić information content (AvgIpc) is 2.80. The van der Waals surface area contributed by atoms with Crippen LogP contribution >= 0.6 is 0 Å². The van der Waals surface area contributed by atoms with Gasteiger partial charge in [-0.3, -0.25) is 0 Å². The van der Waals surface area contributed by atoms with E-state index in [9.17, 15) is 15.3 Å². The van der Waals surface area contributed by atoms with Crippen LogP contribution in [0.2, 0.25) is 0 Å². The summed E-state index contributed by atoms with van der Waals surface area (Å²) in [5.41, 5.74) is -0.994. The molecule has 3 nitrogen and oxygen atoms in total. The molecule has 23 heavy (non-hydrogen) atoms. The Morgan fingerprint density at radius 3 is 2.39 bits per heavy atom. The molecule has 0 amide bonds. The van der Waals surface area contributed by atoms with E-state index in [2.05, 4.69) is 6.92 Å². The second-order valence-electron chi connectivity index (χ2n) is 9.50. The van der Waals surface area contributed by atoms with Crippen molar-refractivity contribution in [3.05, 3.63) is 0 Å². The molecule has 0 saturated heterocycles. The minimum absolute atomic E-state index is 0.0616. The van der Waals surface area contributed by atoms with E-state index in [0.29, 0.717) is 5.92 Å². The highest BCUT2D eigenvalue weighted by molar-refractivity contribution is 5.13. The van der Waals surface area contributed by atoms with E-state index < -0.39 is 11.7 Å². The maximum atomic E-state index is 11.2. The SMILES string of the molecule is C[C@@H](O)[C@]1(O)CC[C@H]2[C@@H]3CC[C@H]4C[C@@H](O)CC[C@@H]4[C@H]3CC[C@@]21C. The van der Waals surface area contributed by atoms with Gasteiger partial charge in [-0.05, 0) is 94.3 Å². The molecule has 3 heteroatoms. The largest absolute Gasteiger partial charge is 0.393 e. The first kappa shape index (κ1) is 16.4. The second kappa shape index (κ2) is 5.44. The number of fused-ring (bicyclic) bond motifs is 5. The standard InChI is InChI=1S/C20H34O3/c1-12(21)20(23)10-8-18-17-5-3-13-11-14(22)4-6-15(13)16(17)7-9-19(18,20)2/h12-18,21-23H,3-11H2,1-2H3/t12-,13+,14+,15+,16-,17-,18+,19+,20-/m1/s1. The summed E-state index contributed by atoms with van der Waals surface area (Å²) in [5, 5.41) is 31.5. The smallest absolute Gasteiger partial charge is 0.0958 e. The first-order chi connectivity index (χ1) is 10.9. The molecule has 0 aromatic heterocycles. The molecule has 0 aromatic rings. The lowest BCUT2D eigenvalue weighted by atomic mass is 9.49. The molecule has 4 aliphatic rings. The van der Waals surface area contributed by atoms with Gasteiger partial charge < -0.3 is 15.3 Å². The Morgan fingerprint density at radius 2 is 1.65 bits per heavy atom. The van der Waals surface area contributed by atoms with Crippen molar-refractivity contribution in [3.8, 4) is 0 Å². The summed E-state index contributed by atoms with van der Waals surface area (Å²) in [6.45, 7) is 4.03. The molecule has 132 valence electrons. The molecule has 4 saturated carbocycles. The Morgan fingerprint density at radius 1 is 0.913 bits per heavy atom. The van der Waals surface area contributed by atoms with Crippen molar-refractivity contribution < 1.29 is 15.3 Å². The summed E-state index contributed by atoms with van der Waals surface area (Å²) in [4.78, 5) is 0. The molecule has 4 aliphatic carbocycles. The lowest BCUT2D eigenvalue weighted by Crippen LogP contribution is -2.57. The number of aliphatic hydroxyl groups excluding tert-OH is 2. The maximum absolute atomic E-state index is 11.2. The van der Waals surface area contributed by atoms with E-state index in [4.69, 9.17) is 0 Å². The van der Waals surface area contributed by atoms with Crippen LogP contribution in [-0.4, -0.2) is 33.1 Å². The van der Waals surface area contributed by atoms with Crippen LogP contribution < -0.4 is 0 Å². The summed E-state index contributed by atoms with van der Waals surface area (Å²) in [5.74, 6) is 3.66. The van der Waals surface area contributed by atoms with Crippen LogP contribution in [0.1, 0.15) is 71.6 Å². The molecule has 4 rings (SSSR count). The molecule has 0 aromatic carbocycles. The lowest BCUT2D eigenvalue weighted by molar-refractivity contribution is -0.174. The van der Waals surface area contributed by atoms with Crippen molar-refractivity contribution in [3.63, 3.8) is 0 Å². The van der Waals surface area contributed by atoms with Crippen LogP contribution in [0, 0.1) is 35.0 Å². The number of hydrogen-bond donors (Lipinski definition) is 3. The summed E-state index contributed by atoms with van der Waals surface area (Å²) >= 11 is 0. The predicted octanol–water partition coefficient (Wildman–Crippen LogP) is 3.11. The van der Waals surface area contributed by atoms with E-state index in [1.807, 2.05) is 0 Å². The Hall–Kier alpha value is -0.120. The number of rotatable bonds is 1. The molecule has 0 unspecified atom stereocenters.